The fourth-order valence-electron chi connectivity index (χ4n) is 2.68. The first-order chi connectivity index (χ1) is 7.74. The topological polar surface area (TPSA) is 58.9 Å². The number of rotatable bonds is 1. The van der Waals surface area contributed by atoms with Crippen LogP contribution < -0.4 is 11.3 Å². The fourth-order valence-corrected chi connectivity index (χ4v) is 2.68. The van der Waals surface area contributed by atoms with Gasteiger partial charge in [0.05, 0.1) is 0 Å². The van der Waals surface area contributed by atoms with Crippen molar-refractivity contribution in [2.75, 3.05) is 0 Å². The number of aromatic nitrogens is 1. The van der Waals surface area contributed by atoms with E-state index in [1.165, 1.54) is 36.8 Å². The Morgan fingerprint density at radius 1 is 1.12 bits per heavy atom. The molecule has 1 heterocycles. The van der Waals surface area contributed by atoms with Gasteiger partial charge in [0.25, 0.3) is 5.56 Å². The standard InChI is InChI=1S/C13H20N2O/c1-9-10-6-4-2-3-5-7-11(10)12(8-14)13(16)15-9/h2-8,14H2,1H3,(H,15,16). The van der Waals surface area contributed by atoms with Crippen LogP contribution in [-0.4, -0.2) is 4.98 Å². The Labute approximate surface area is 96.1 Å². The summed E-state index contributed by atoms with van der Waals surface area (Å²) in [7, 11) is 0. The van der Waals surface area contributed by atoms with Crippen molar-refractivity contribution in [2.45, 2.75) is 52.0 Å². The second-order valence-electron chi connectivity index (χ2n) is 4.63. The monoisotopic (exact) mass is 220 g/mol. The summed E-state index contributed by atoms with van der Waals surface area (Å²) in [4.78, 5) is 14.7. The lowest BCUT2D eigenvalue weighted by molar-refractivity contribution is 0.609. The van der Waals surface area contributed by atoms with E-state index in [2.05, 4.69) is 4.98 Å². The first-order valence-corrected chi connectivity index (χ1v) is 6.17. The van der Waals surface area contributed by atoms with Gasteiger partial charge in [0.15, 0.2) is 0 Å². The first kappa shape index (κ1) is 11.4. The van der Waals surface area contributed by atoms with Crippen LogP contribution in [0.15, 0.2) is 4.79 Å². The molecule has 0 fully saturated rings. The maximum atomic E-state index is 11.8. The van der Waals surface area contributed by atoms with Crippen molar-refractivity contribution in [1.82, 2.24) is 4.98 Å². The van der Waals surface area contributed by atoms with E-state index in [0.29, 0.717) is 6.54 Å². The average molecular weight is 220 g/mol. The first-order valence-electron chi connectivity index (χ1n) is 6.17. The summed E-state index contributed by atoms with van der Waals surface area (Å²) in [6, 6.07) is 0. The molecule has 3 N–H and O–H groups in total. The Bertz CT molecular complexity index is 434. The van der Waals surface area contributed by atoms with Crippen molar-refractivity contribution >= 4 is 0 Å². The largest absolute Gasteiger partial charge is 0.326 e. The maximum Gasteiger partial charge on any atom is 0.252 e. The van der Waals surface area contributed by atoms with E-state index >= 15 is 0 Å². The second-order valence-corrected chi connectivity index (χ2v) is 4.63. The Morgan fingerprint density at radius 3 is 2.38 bits per heavy atom. The van der Waals surface area contributed by atoms with Gasteiger partial charge in [0.2, 0.25) is 0 Å². The number of pyridine rings is 1. The third-order valence-corrected chi connectivity index (χ3v) is 3.56. The van der Waals surface area contributed by atoms with Crippen LogP contribution in [0.5, 0.6) is 0 Å². The summed E-state index contributed by atoms with van der Waals surface area (Å²) in [6.07, 6.45) is 7.09. The lowest BCUT2D eigenvalue weighted by Crippen LogP contribution is -2.23. The molecule has 3 nitrogen and oxygen atoms in total. The molecule has 0 saturated heterocycles. The quantitative estimate of drug-likeness (QED) is 0.758. The predicted octanol–water partition coefficient (Wildman–Crippen LogP) is 1.80. The number of hydrogen-bond acceptors (Lipinski definition) is 2. The highest BCUT2D eigenvalue weighted by molar-refractivity contribution is 5.37. The second kappa shape index (κ2) is 4.83. The number of aromatic amines is 1. The molecular formula is C13H20N2O. The van der Waals surface area contributed by atoms with Gasteiger partial charge < -0.3 is 10.7 Å². The molecule has 1 aliphatic carbocycles. The Hall–Kier alpha value is -1.09. The number of hydrogen-bond donors (Lipinski definition) is 2. The van der Waals surface area contributed by atoms with Crippen molar-refractivity contribution in [3.8, 4) is 0 Å². The van der Waals surface area contributed by atoms with Crippen LogP contribution in [-0.2, 0) is 19.4 Å². The van der Waals surface area contributed by atoms with Gasteiger partial charge in [-0.25, -0.2) is 0 Å². The zero-order valence-corrected chi connectivity index (χ0v) is 9.94. The highest BCUT2D eigenvalue weighted by atomic mass is 16.1. The smallest absolute Gasteiger partial charge is 0.252 e. The van der Waals surface area contributed by atoms with Gasteiger partial charge in [-0.3, -0.25) is 4.79 Å². The van der Waals surface area contributed by atoms with E-state index in [1.54, 1.807) is 0 Å². The van der Waals surface area contributed by atoms with E-state index in [9.17, 15) is 4.79 Å². The highest BCUT2D eigenvalue weighted by Gasteiger charge is 2.15. The molecule has 2 rings (SSSR count). The Balaban J connectivity index is 2.56. The molecule has 0 atom stereocenters. The summed E-state index contributed by atoms with van der Waals surface area (Å²) in [6.45, 7) is 2.36. The Morgan fingerprint density at radius 2 is 1.75 bits per heavy atom. The molecule has 1 aromatic rings. The predicted molar refractivity (Wildman–Crippen MR) is 65.6 cm³/mol. The molecule has 0 amide bonds. The van der Waals surface area contributed by atoms with Crippen LogP contribution in [0.4, 0.5) is 0 Å². The van der Waals surface area contributed by atoms with Crippen LogP contribution in [0.25, 0.3) is 0 Å². The van der Waals surface area contributed by atoms with Crippen molar-refractivity contribution in [3.05, 3.63) is 32.7 Å². The molecule has 0 aliphatic heterocycles. The van der Waals surface area contributed by atoms with Gasteiger partial charge in [-0.2, -0.15) is 0 Å². The number of fused-ring (bicyclic) bond motifs is 1. The molecule has 0 aromatic carbocycles. The number of H-pyrrole nitrogens is 1. The molecular weight excluding hydrogens is 200 g/mol. The molecule has 88 valence electrons. The van der Waals surface area contributed by atoms with E-state index in [1.807, 2.05) is 6.92 Å². The van der Waals surface area contributed by atoms with Gasteiger partial charge in [0.1, 0.15) is 0 Å². The summed E-state index contributed by atoms with van der Waals surface area (Å²) in [5, 5.41) is 0. The molecule has 3 heteroatoms. The average Bonchev–Trinajstić information content (AvgIpc) is 2.20. The third-order valence-electron chi connectivity index (χ3n) is 3.56. The summed E-state index contributed by atoms with van der Waals surface area (Å²) in [5.41, 5.74) is 10.1. The lowest BCUT2D eigenvalue weighted by atomic mass is 9.90. The zero-order valence-electron chi connectivity index (χ0n) is 9.94. The molecule has 1 aromatic heterocycles. The number of nitrogens with two attached hydrogens (primary N) is 1. The Kier molecular flexibility index (Phi) is 3.44. The fraction of sp³-hybridized carbons (Fsp3) is 0.615. The lowest BCUT2D eigenvalue weighted by Gasteiger charge is -2.18. The molecule has 16 heavy (non-hydrogen) atoms. The summed E-state index contributed by atoms with van der Waals surface area (Å²) >= 11 is 0. The minimum Gasteiger partial charge on any atom is -0.326 e. The van der Waals surface area contributed by atoms with Gasteiger partial charge >= 0.3 is 0 Å². The molecule has 0 unspecified atom stereocenters. The summed E-state index contributed by atoms with van der Waals surface area (Å²) in [5.74, 6) is 0. The minimum atomic E-state index is 0.0133. The molecule has 0 saturated carbocycles. The van der Waals surface area contributed by atoms with E-state index < -0.39 is 0 Å². The van der Waals surface area contributed by atoms with Crippen molar-refractivity contribution < 1.29 is 0 Å². The highest BCUT2D eigenvalue weighted by Crippen LogP contribution is 2.23. The minimum absolute atomic E-state index is 0.0133. The van der Waals surface area contributed by atoms with Crippen molar-refractivity contribution in [3.63, 3.8) is 0 Å². The number of nitrogens with one attached hydrogen (secondary N) is 1. The van der Waals surface area contributed by atoms with E-state index in [-0.39, 0.29) is 5.56 Å². The van der Waals surface area contributed by atoms with E-state index in [0.717, 1.165) is 24.1 Å². The van der Waals surface area contributed by atoms with Gasteiger partial charge in [0, 0.05) is 17.8 Å². The molecule has 0 radical (unpaired) electrons. The van der Waals surface area contributed by atoms with Gasteiger partial charge in [-0.1, -0.05) is 12.8 Å². The van der Waals surface area contributed by atoms with Crippen LogP contribution in [0.1, 0.15) is 48.1 Å². The molecule has 0 bridgehead atoms. The van der Waals surface area contributed by atoms with Crippen LogP contribution in [0.3, 0.4) is 0 Å². The van der Waals surface area contributed by atoms with Gasteiger partial charge in [-0.05, 0) is 43.7 Å². The van der Waals surface area contributed by atoms with E-state index in [4.69, 9.17) is 5.73 Å². The van der Waals surface area contributed by atoms with Crippen molar-refractivity contribution in [2.24, 2.45) is 5.73 Å². The van der Waals surface area contributed by atoms with Crippen molar-refractivity contribution in [1.29, 1.82) is 0 Å². The third kappa shape index (κ3) is 2.05. The van der Waals surface area contributed by atoms with Gasteiger partial charge in [-0.15, -0.1) is 0 Å². The normalized spacial score (nSPS) is 16.4. The summed E-state index contributed by atoms with van der Waals surface area (Å²) < 4.78 is 0. The SMILES string of the molecule is Cc1[nH]c(=O)c(CN)c2c1CCCCCC2. The van der Waals surface area contributed by atoms with Crippen LogP contribution >= 0.6 is 0 Å². The zero-order chi connectivity index (χ0) is 11.5. The van der Waals surface area contributed by atoms with Crippen LogP contribution in [0, 0.1) is 6.92 Å². The van der Waals surface area contributed by atoms with Crippen LogP contribution in [0.2, 0.25) is 0 Å². The molecule has 1 aliphatic rings. The maximum absolute atomic E-state index is 11.8. The molecule has 0 spiro atoms. The number of aryl methyl sites for hydroxylation is 1.